The van der Waals surface area contributed by atoms with Crippen molar-refractivity contribution in [2.75, 3.05) is 0 Å². The van der Waals surface area contributed by atoms with E-state index < -0.39 is 0 Å². The number of aldehydes is 1. The van der Waals surface area contributed by atoms with Crippen LogP contribution in [-0.4, -0.2) is 18.2 Å². The van der Waals surface area contributed by atoms with Crippen LogP contribution in [-0.2, 0) is 9.59 Å². The van der Waals surface area contributed by atoms with Crippen LogP contribution in [0, 0.1) is 0 Å². The van der Waals surface area contributed by atoms with E-state index in [2.05, 4.69) is 5.32 Å². The molecule has 0 aliphatic carbocycles. The zero-order chi connectivity index (χ0) is 7.98. The molecule has 0 aromatic carbocycles. The van der Waals surface area contributed by atoms with E-state index in [0.29, 0.717) is 12.8 Å². The molecule has 3 nitrogen and oxygen atoms in total. The van der Waals surface area contributed by atoms with Crippen LogP contribution in [0.5, 0.6) is 0 Å². The molecule has 0 atom stereocenters. The van der Waals surface area contributed by atoms with E-state index in [4.69, 9.17) is 0 Å². The van der Waals surface area contributed by atoms with Gasteiger partial charge in [0, 0.05) is 18.9 Å². The lowest BCUT2D eigenvalue weighted by molar-refractivity contribution is -0.123. The predicted molar refractivity (Wildman–Crippen MR) is 38.6 cm³/mol. The van der Waals surface area contributed by atoms with Gasteiger partial charge in [-0.05, 0) is 13.8 Å². The van der Waals surface area contributed by atoms with Gasteiger partial charge >= 0.3 is 0 Å². The normalized spacial score (nSPS) is 9.50. The summed E-state index contributed by atoms with van der Waals surface area (Å²) in [4.78, 5) is 20.6. The molecule has 0 aromatic heterocycles. The summed E-state index contributed by atoms with van der Waals surface area (Å²) in [5, 5.41) is 2.68. The second-order valence-electron chi connectivity index (χ2n) is 2.43. The van der Waals surface area contributed by atoms with E-state index >= 15 is 0 Å². The van der Waals surface area contributed by atoms with Crippen molar-refractivity contribution < 1.29 is 9.59 Å². The third-order valence-electron chi connectivity index (χ3n) is 0.939. The van der Waals surface area contributed by atoms with E-state index in [9.17, 15) is 9.59 Å². The van der Waals surface area contributed by atoms with Gasteiger partial charge in [-0.2, -0.15) is 0 Å². The number of carbonyl (C=O) groups excluding carboxylic acids is 2. The third kappa shape index (κ3) is 5.28. The minimum Gasteiger partial charge on any atom is -0.354 e. The molecular formula is C7H13NO2. The second kappa shape index (κ2) is 4.97. The highest BCUT2D eigenvalue weighted by molar-refractivity contribution is 5.78. The predicted octanol–water partition coefficient (Wildman–Crippen LogP) is 0.490. The lowest BCUT2D eigenvalue weighted by atomic mass is 10.3. The minimum absolute atomic E-state index is 0.0536. The van der Waals surface area contributed by atoms with Gasteiger partial charge in [-0.3, -0.25) is 4.79 Å². The van der Waals surface area contributed by atoms with Crippen molar-refractivity contribution in [1.82, 2.24) is 5.32 Å². The number of rotatable bonds is 4. The van der Waals surface area contributed by atoms with Gasteiger partial charge in [0.15, 0.2) is 0 Å². The van der Waals surface area contributed by atoms with Crippen molar-refractivity contribution in [2.45, 2.75) is 32.7 Å². The molecule has 0 fully saturated rings. The topological polar surface area (TPSA) is 46.2 Å². The van der Waals surface area contributed by atoms with Crippen molar-refractivity contribution in [3.8, 4) is 0 Å². The molecule has 0 aliphatic heterocycles. The standard InChI is InChI=1S/C7H13NO2/c1-6(2)8-7(10)4-3-5-9/h5-6H,3-4H2,1-2H3,(H,8,10). The quantitative estimate of drug-likeness (QED) is 0.582. The summed E-state index contributed by atoms with van der Waals surface area (Å²) >= 11 is 0. The number of nitrogens with one attached hydrogen (secondary N) is 1. The van der Waals surface area contributed by atoms with Crippen molar-refractivity contribution >= 4 is 12.2 Å². The third-order valence-corrected chi connectivity index (χ3v) is 0.939. The first-order chi connectivity index (χ1) is 4.66. The Bertz CT molecular complexity index is 121. The molecule has 0 saturated carbocycles. The maximum Gasteiger partial charge on any atom is 0.220 e. The number of hydrogen-bond donors (Lipinski definition) is 1. The van der Waals surface area contributed by atoms with Crippen LogP contribution < -0.4 is 5.32 Å². The molecule has 0 spiro atoms. The fraction of sp³-hybridized carbons (Fsp3) is 0.714. The highest BCUT2D eigenvalue weighted by Crippen LogP contribution is 1.85. The first-order valence-electron chi connectivity index (χ1n) is 3.40. The van der Waals surface area contributed by atoms with Crippen molar-refractivity contribution in [1.29, 1.82) is 0 Å². The molecular weight excluding hydrogens is 130 g/mol. The van der Waals surface area contributed by atoms with Crippen LogP contribution in [0.3, 0.4) is 0 Å². The zero-order valence-electron chi connectivity index (χ0n) is 6.39. The van der Waals surface area contributed by atoms with E-state index in [1.165, 1.54) is 0 Å². The molecule has 1 amide bonds. The first-order valence-corrected chi connectivity index (χ1v) is 3.40. The molecule has 0 unspecified atom stereocenters. The average molecular weight is 143 g/mol. The molecule has 0 heterocycles. The lowest BCUT2D eigenvalue weighted by Gasteiger charge is -2.05. The maximum absolute atomic E-state index is 10.7. The molecule has 10 heavy (non-hydrogen) atoms. The van der Waals surface area contributed by atoms with Gasteiger partial charge in [-0.15, -0.1) is 0 Å². The molecule has 0 aromatic rings. The Morgan fingerprint density at radius 3 is 2.60 bits per heavy atom. The van der Waals surface area contributed by atoms with Gasteiger partial charge in [-0.25, -0.2) is 0 Å². The summed E-state index contributed by atoms with van der Waals surface area (Å²) in [7, 11) is 0. The van der Waals surface area contributed by atoms with Crippen molar-refractivity contribution in [2.24, 2.45) is 0 Å². The summed E-state index contributed by atoms with van der Waals surface area (Å²) in [6.07, 6.45) is 1.38. The van der Waals surface area contributed by atoms with E-state index in [0.717, 1.165) is 6.29 Å². The average Bonchev–Trinajstić information content (AvgIpc) is 1.82. The lowest BCUT2D eigenvalue weighted by Crippen LogP contribution is -2.29. The van der Waals surface area contributed by atoms with E-state index in [-0.39, 0.29) is 11.9 Å². The van der Waals surface area contributed by atoms with Gasteiger partial charge in [0.2, 0.25) is 5.91 Å². The van der Waals surface area contributed by atoms with Gasteiger partial charge in [0.1, 0.15) is 6.29 Å². The summed E-state index contributed by atoms with van der Waals surface area (Å²) in [6, 6.07) is 0.166. The molecule has 0 rings (SSSR count). The largest absolute Gasteiger partial charge is 0.354 e. The monoisotopic (exact) mass is 143 g/mol. The number of hydrogen-bond acceptors (Lipinski definition) is 2. The smallest absolute Gasteiger partial charge is 0.220 e. The van der Waals surface area contributed by atoms with Crippen LogP contribution in [0.2, 0.25) is 0 Å². The molecule has 58 valence electrons. The molecule has 3 heteroatoms. The Labute approximate surface area is 60.8 Å². The van der Waals surface area contributed by atoms with Gasteiger partial charge < -0.3 is 10.1 Å². The Hall–Kier alpha value is -0.860. The van der Waals surface area contributed by atoms with Crippen LogP contribution in [0.25, 0.3) is 0 Å². The summed E-state index contributed by atoms with van der Waals surface area (Å²) < 4.78 is 0. The summed E-state index contributed by atoms with van der Waals surface area (Å²) in [5.41, 5.74) is 0. The van der Waals surface area contributed by atoms with E-state index in [1.54, 1.807) is 0 Å². The van der Waals surface area contributed by atoms with Crippen molar-refractivity contribution in [3.05, 3.63) is 0 Å². The van der Waals surface area contributed by atoms with Gasteiger partial charge in [-0.1, -0.05) is 0 Å². The maximum atomic E-state index is 10.7. The molecule has 0 radical (unpaired) electrons. The SMILES string of the molecule is CC(C)NC(=O)CCC=O. The Morgan fingerprint density at radius 2 is 2.20 bits per heavy atom. The molecule has 0 bridgehead atoms. The summed E-state index contributed by atoms with van der Waals surface area (Å²) in [5.74, 6) is -0.0536. The Kier molecular flexibility index (Phi) is 4.54. The van der Waals surface area contributed by atoms with E-state index in [1.807, 2.05) is 13.8 Å². The first kappa shape index (κ1) is 9.14. The zero-order valence-corrected chi connectivity index (χ0v) is 6.39. The Morgan fingerprint density at radius 1 is 1.60 bits per heavy atom. The molecule has 1 N–H and O–H groups in total. The number of carbonyl (C=O) groups is 2. The van der Waals surface area contributed by atoms with Crippen molar-refractivity contribution in [3.63, 3.8) is 0 Å². The van der Waals surface area contributed by atoms with Crippen LogP contribution >= 0.6 is 0 Å². The van der Waals surface area contributed by atoms with Crippen LogP contribution in [0.15, 0.2) is 0 Å². The minimum atomic E-state index is -0.0536. The van der Waals surface area contributed by atoms with Crippen LogP contribution in [0.4, 0.5) is 0 Å². The molecule has 0 saturated heterocycles. The van der Waals surface area contributed by atoms with Gasteiger partial charge in [0.05, 0.1) is 0 Å². The number of amides is 1. The van der Waals surface area contributed by atoms with Crippen LogP contribution in [0.1, 0.15) is 26.7 Å². The van der Waals surface area contributed by atoms with Gasteiger partial charge in [0.25, 0.3) is 0 Å². The highest BCUT2D eigenvalue weighted by atomic mass is 16.1. The highest BCUT2D eigenvalue weighted by Gasteiger charge is 2.00. The summed E-state index contributed by atoms with van der Waals surface area (Å²) in [6.45, 7) is 3.78. The Balaban J connectivity index is 3.34. The fourth-order valence-electron chi connectivity index (χ4n) is 0.584. The second-order valence-corrected chi connectivity index (χ2v) is 2.43. The fourth-order valence-corrected chi connectivity index (χ4v) is 0.584. The molecule has 0 aliphatic rings.